The van der Waals surface area contributed by atoms with Gasteiger partial charge in [-0.3, -0.25) is 0 Å². The van der Waals surface area contributed by atoms with Gasteiger partial charge in [0.05, 0.1) is 7.11 Å². The minimum Gasteiger partial charge on any atom is -0.497 e. The quantitative estimate of drug-likeness (QED) is 0.796. The summed E-state index contributed by atoms with van der Waals surface area (Å²) in [6, 6.07) is 11.8. The van der Waals surface area contributed by atoms with E-state index in [9.17, 15) is 4.79 Å². The number of hydrogen-bond donors (Lipinski definition) is 0. The van der Waals surface area contributed by atoms with Crippen molar-refractivity contribution < 1.29 is 13.8 Å². The summed E-state index contributed by atoms with van der Waals surface area (Å²) in [4.78, 5) is 11.1. The second-order valence-corrected chi connectivity index (χ2v) is 4.31. The van der Waals surface area contributed by atoms with E-state index in [4.69, 9.17) is 16.6 Å². The highest BCUT2D eigenvalue weighted by atomic mass is 35.5. The molecule has 2 aromatic carbocycles. The fourth-order valence-electron chi connectivity index (χ4n) is 1.88. The van der Waals surface area contributed by atoms with Crippen LogP contribution in [0.4, 0.5) is 0 Å². The Morgan fingerprint density at radius 3 is 2.53 bits per heavy atom. The molecule has 0 N–H and O–H groups in total. The van der Waals surface area contributed by atoms with Crippen LogP contribution < -0.4 is 4.74 Å². The normalized spacial score (nSPS) is 11.4. The van der Waals surface area contributed by atoms with Crippen LogP contribution in [0.15, 0.2) is 42.5 Å². The standard InChI is InChI=1S/C15H13ClO3/c1-10(7-15(17)19-16)11-3-4-13-9-14(18-2)6-5-12(13)8-11/h3-9H,1-2H3/b10-7+. The van der Waals surface area contributed by atoms with Crippen LogP contribution in [0.2, 0.25) is 0 Å². The van der Waals surface area contributed by atoms with E-state index in [0.717, 1.165) is 27.7 Å². The Morgan fingerprint density at radius 2 is 1.84 bits per heavy atom. The molecule has 0 spiro atoms. The van der Waals surface area contributed by atoms with Gasteiger partial charge in [0.2, 0.25) is 0 Å². The molecule has 19 heavy (non-hydrogen) atoms. The number of ether oxygens (including phenoxy) is 1. The molecule has 0 aliphatic heterocycles. The summed E-state index contributed by atoms with van der Waals surface area (Å²) in [6.07, 6.45) is 1.36. The molecule has 0 amide bonds. The molecular formula is C15H13ClO3. The lowest BCUT2D eigenvalue weighted by atomic mass is 10.0. The zero-order valence-corrected chi connectivity index (χ0v) is 11.4. The molecule has 98 valence electrons. The highest BCUT2D eigenvalue weighted by Gasteiger charge is 2.03. The van der Waals surface area contributed by atoms with Gasteiger partial charge >= 0.3 is 5.97 Å². The summed E-state index contributed by atoms with van der Waals surface area (Å²) in [7, 11) is 1.64. The first-order valence-electron chi connectivity index (χ1n) is 5.73. The van der Waals surface area contributed by atoms with Crippen molar-refractivity contribution in [2.75, 3.05) is 7.11 Å². The maximum absolute atomic E-state index is 11.1. The minimum atomic E-state index is -0.575. The Kier molecular flexibility index (Phi) is 4.07. The number of methoxy groups -OCH3 is 1. The van der Waals surface area contributed by atoms with Crippen molar-refractivity contribution in [1.82, 2.24) is 0 Å². The van der Waals surface area contributed by atoms with Gasteiger partial charge < -0.3 is 9.03 Å². The second kappa shape index (κ2) is 5.76. The molecule has 4 heteroatoms. The predicted molar refractivity (Wildman–Crippen MR) is 76.1 cm³/mol. The SMILES string of the molecule is COc1ccc2cc(/C(C)=C/C(=O)OCl)ccc2c1. The van der Waals surface area contributed by atoms with E-state index in [0.29, 0.717) is 0 Å². The van der Waals surface area contributed by atoms with Crippen LogP contribution in [-0.4, -0.2) is 13.1 Å². The number of benzene rings is 2. The summed E-state index contributed by atoms with van der Waals surface area (Å²) >= 11 is 5.00. The van der Waals surface area contributed by atoms with Crippen molar-refractivity contribution in [1.29, 1.82) is 0 Å². The van der Waals surface area contributed by atoms with E-state index in [1.54, 1.807) is 7.11 Å². The van der Waals surface area contributed by atoms with Crippen molar-refractivity contribution in [2.24, 2.45) is 0 Å². The lowest BCUT2D eigenvalue weighted by molar-refractivity contribution is -0.128. The van der Waals surface area contributed by atoms with Crippen LogP contribution in [-0.2, 0) is 9.08 Å². The fraction of sp³-hybridized carbons (Fsp3) is 0.133. The van der Waals surface area contributed by atoms with E-state index in [2.05, 4.69) is 4.29 Å². The third-order valence-electron chi connectivity index (χ3n) is 2.91. The number of fused-ring (bicyclic) bond motifs is 1. The molecule has 0 aliphatic rings. The smallest absolute Gasteiger partial charge is 0.349 e. The van der Waals surface area contributed by atoms with E-state index in [1.807, 2.05) is 43.3 Å². The van der Waals surface area contributed by atoms with E-state index in [1.165, 1.54) is 6.08 Å². The van der Waals surface area contributed by atoms with Gasteiger partial charge in [-0.25, -0.2) is 4.79 Å². The molecule has 0 heterocycles. The zero-order chi connectivity index (χ0) is 13.8. The Bertz CT molecular complexity index is 647. The first kappa shape index (κ1) is 13.4. The topological polar surface area (TPSA) is 35.5 Å². The molecule has 0 saturated heterocycles. The first-order valence-corrected chi connectivity index (χ1v) is 6.04. The number of halogens is 1. The van der Waals surface area contributed by atoms with Crippen molar-refractivity contribution in [3.8, 4) is 5.75 Å². The first-order chi connectivity index (χ1) is 9.13. The molecule has 0 radical (unpaired) electrons. The number of rotatable bonds is 3. The average Bonchev–Trinajstić information content (AvgIpc) is 2.45. The number of hydrogen-bond acceptors (Lipinski definition) is 3. The van der Waals surface area contributed by atoms with Crippen LogP contribution in [0.3, 0.4) is 0 Å². The van der Waals surface area contributed by atoms with E-state index >= 15 is 0 Å². The Balaban J connectivity index is 2.42. The van der Waals surface area contributed by atoms with Crippen molar-refractivity contribution >= 4 is 34.2 Å². The largest absolute Gasteiger partial charge is 0.497 e. The van der Waals surface area contributed by atoms with Gasteiger partial charge in [-0.05, 0) is 47.0 Å². The molecular weight excluding hydrogens is 264 g/mol. The lowest BCUT2D eigenvalue weighted by Gasteiger charge is -2.06. The summed E-state index contributed by atoms with van der Waals surface area (Å²) in [5, 5.41) is 2.15. The molecule has 0 atom stereocenters. The van der Waals surface area contributed by atoms with Crippen LogP contribution in [0.5, 0.6) is 5.75 Å². The van der Waals surface area contributed by atoms with Crippen LogP contribution in [0, 0.1) is 0 Å². The average molecular weight is 277 g/mol. The summed E-state index contributed by atoms with van der Waals surface area (Å²) in [6.45, 7) is 1.83. The molecule has 2 rings (SSSR count). The van der Waals surface area contributed by atoms with Gasteiger partial charge in [-0.15, -0.1) is 0 Å². The van der Waals surface area contributed by atoms with Crippen molar-refractivity contribution in [3.05, 3.63) is 48.0 Å². The summed E-state index contributed by atoms with van der Waals surface area (Å²) < 4.78 is 9.28. The maximum Gasteiger partial charge on any atom is 0.349 e. The monoisotopic (exact) mass is 276 g/mol. The van der Waals surface area contributed by atoms with Gasteiger partial charge in [0.15, 0.2) is 0 Å². The van der Waals surface area contributed by atoms with Crippen LogP contribution in [0.25, 0.3) is 16.3 Å². The molecule has 0 unspecified atom stereocenters. The molecule has 0 aliphatic carbocycles. The second-order valence-electron chi connectivity index (χ2n) is 4.15. The van der Waals surface area contributed by atoms with Gasteiger partial charge in [0, 0.05) is 6.08 Å². The van der Waals surface area contributed by atoms with Crippen molar-refractivity contribution in [3.63, 3.8) is 0 Å². The highest BCUT2D eigenvalue weighted by Crippen LogP contribution is 2.24. The third-order valence-corrected chi connectivity index (χ3v) is 3.07. The molecule has 0 bridgehead atoms. The van der Waals surface area contributed by atoms with Gasteiger partial charge in [0.1, 0.15) is 17.6 Å². The van der Waals surface area contributed by atoms with Gasteiger partial charge in [0.25, 0.3) is 0 Å². The number of allylic oxidation sites excluding steroid dienone is 1. The Hall–Kier alpha value is -2.00. The number of carbonyl (C=O) groups excluding carboxylic acids is 1. The molecule has 3 nitrogen and oxygen atoms in total. The van der Waals surface area contributed by atoms with Gasteiger partial charge in [-0.1, -0.05) is 18.2 Å². The third kappa shape index (κ3) is 3.06. The molecule has 0 fully saturated rings. The Labute approximate surface area is 116 Å². The fourth-order valence-corrected chi connectivity index (χ4v) is 1.92. The lowest BCUT2D eigenvalue weighted by Crippen LogP contribution is -1.92. The minimum absolute atomic E-state index is 0.575. The van der Waals surface area contributed by atoms with Gasteiger partial charge in [-0.2, -0.15) is 0 Å². The number of carbonyl (C=O) groups is 1. The van der Waals surface area contributed by atoms with Crippen molar-refractivity contribution in [2.45, 2.75) is 6.92 Å². The summed E-state index contributed by atoms with van der Waals surface area (Å²) in [5.41, 5.74) is 1.74. The molecule has 0 saturated carbocycles. The molecule has 2 aromatic rings. The molecule has 0 aromatic heterocycles. The van der Waals surface area contributed by atoms with E-state index < -0.39 is 5.97 Å². The maximum atomic E-state index is 11.1. The highest BCUT2D eigenvalue weighted by molar-refractivity contribution is 6.15. The van der Waals surface area contributed by atoms with E-state index in [-0.39, 0.29) is 0 Å². The van der Waals surface area contributed by atoms with Crippen LogP contribution >= 0.6 is 11.9 Å². The van der Waals surface area contributed by atoms with Crippen LogP contribution in [0.1, 0.15) is 12.5 Å². The zero-order valence-electron chi connectivity index (χ0n) is 10.6. The Morgan fingerprint density at radius 1 is 1.16 bits per heavy atom. The summed E-state index contributed by atoms with van der Waals surface area (Å²) in [5.74, 6) is 0.243. The predicted octanol–water partition coefficient (Wildman–Crippen LogP) is 3.95.